The number of pyridine rings is 1. The lowest BCUT2D eigenvalue weighted by Crippen LogP contribution is -2.39. The highest BCUT2D eigenvalue weighted by molar-refractivity contribution is 9.10. The Hall–Kier alpha value is -2.41. The molecule has 2 aromatic heterocycles. The molecule has 1 aliphatic heterocycles. The third kappa shape index (κ3) is 3.58. The van der Waals surface area contributed by atoms with Gasteiger partial charge in [-0.2, -0.15) is 0 Å². The zero-order valence-electron chi connectivity index (χ0n) is 14.5. The van der Waals surface area contributed by atoms with E-state index in [-0.39, 0.29) is 0 Å². The van der Waals surface area contributed by atoms with E-state index in [1.165, 1.54) is 5.69 Å². The molecular weight excluding hydrogens is 394 g/mol. The van der Waals surface area contributed by atoms with Gasteiger partial charge in [0.25, 0.3) is 0 Å². The minimum atomic E-state index is 0.368. The first-order valence-electron chi connectivity index (χ1n) is 8.65. The molecule has 0 spiro atoms. The maximum atomic E-state index is 5.46. The van der Waals surface area contributed by atoms with Crippen molar-refractivity contribution >= 4 is 38.5 Å². The molecule has 4 rings (SSSR count). The first kappa shape index (κ1) is 17.0. The molecule has 1 aliphatic rings. The molecule has 1 fully saturated rings. The van der Waals surface area contributed by atoms with Crippen LogP contribution in [0.3, 0.4) is 0 Å². The van der Waals surface area contributed by atoms with Crippen molar-refractivity contribution in [2.24, 2.45) is 0 Å². The Labute approximate surface area is 160 Å². The molecule has 134 valence electrons. The molecule has 0 amide bonds. The molecule has 0 saturated carbocycles. The van der Waals surface area contributed by atoms with Crippen LogP contribution in [-0.2, 0) is 0 Å². The second-order valence-electron chi connectivity index (χ2n) is 6.35. The van der Waals surface area contributed by atoms with Crippen LogP contribution in [0.4, 0.5) is 11.6 Å². The van der Waals surface area contributed by atoms with Crippen LogP contribution in [-0.4, -0.2) is 41.2 Å². The fourth-order valence-corrected chi connectivity index (χ4v) is 3.78. The lowest BCUT2D eigenvalue weighted by molar-refractivity contribution is 0.418. The molecule has 6 nitrogen and oxygen atoms in total. The monoisotopic (exact) mass is 413 g/mol. The number of anilines is 2. The van der Waals surface area contributed by atoms with Gasteiger partial charge in [0.05, 0.1) is 7.11 Å². The second-order valence-corrected chi connectivity index (χ2v) is 7.27. The molecule has 1 N–H and O–H groups in total. The summed E-state index contributed by atoms with van der Waals surface area (Å²) in [6.45, 7) is 2.01. The highest BCUT2D eigenvalue weighted by Gasteiger charge is 2.20. The van der Waals surface area contributed by atoms with Gasteiger partial charge in [-0.3, -0.25) is 4.98 Å². The molecule has 1 saturated heterocycles. The van der Waals surface area contributed by atoms with Crippen molar-refractivity contribution in [2.45, 2.75) is 18.9 Å². The van der Waals surface area contributed by atoms with Crippen LogP contribution in [0.15, 0.2) is 47.3 Å². The van der Waals surface area contributed by atoms with Gasteiger partial charge in [-0.1, -0.05) is 15.9 Å². The highest BCUT2D eigenvalue weighted by atomic mass is 79.9. The Bertz CT molecular complexity index is 897. The number of methoxy groups -OCH3 is 1. The smallest absolute Gasteiger partial charge is 0.223 e. The zero-order valence-corrected chi connectivity index (χ0v) is 16.1. The van der Waals surface area contributed by atoms with Gasteiger partial charge < -0.3 is 15.0 Å². The van der Waals surface area contributed by atoms with E-state index in [1.54, 1.807) is 7.11 Å². The summed E-state index contributed by atoms with van der Waals surface area (Å²) in [5.74, 6) is 1.40. The SMILES string of the molecule is COc1cc(Br)cc2cnc(NC3CCN(c4ccncc4)CC3)nc12. The van der Waals surface area contributed by atoms with E-state index in [0.717, 1.165) is 47.1 Å². The quantitative estimate of drug-likeness (QED) is 0.699. The Morgan fingerprint density at radius 2 is 1.96 bits per heavy atom. The number of ether oxygens (including phenoxy) is 1. The van der Waals surface area contributed by atoms with Crippen LogP contribution in [0.2, 0.25) is 0 Å². The van der Waals surface area contributed by atoms with Crippen molar-refractivity contribution in [3.63, 3.8) is 0 Å². The van der Waals surface area contributed by atoms with Crippen LogP contribution in [0, 0.1) is 0 Å². The van der Waals surface area contributed by atoms with E-state index >= 15 is 0 Å². The predicted molar refractivity (Wildman–Crippen MR) is 107 cm³/mol. The summed E-state index contributed by atoms with van der Waals surface area (Å²) in [5, 5.41) is 4.44. The van der Waals surface area contributed by atoms with Crippen molar-refractivity contribution in [3.05, 3.63) is 47.3 Å². The van der Waals surface area contributed by atoms with E-state index in [2.05, 4.69) is 53.2 Å². The molecule has 0 atom stereocenters. The molecular formula is C19H20BrN5O. The average molecular weight is 414 g/mol. The number of hydrogen-bond acceptors (Lipinski definition) is 6. The summed E-state index contributed by atoms with van der Waals surface area (Å²) < 4.78 is 6.41. The third-order valence-corrected chi connectivity index (χ3v) is 5.15. The summed E-state index contributed by atoms with van der Waals surface area (Å²) >= 11 is 3.49. The lowest BCUT2D eigenvalue weighted by atomic mass is 10.0. The molecule has 26 heavy (non-hydrogen) atoms. The summed E-state index contributed by atoms with van der Waals surface area (Å²) in [7, 11) is 1.66. The Kier molecular flexibility index (Phi) is 4.88. The normalized spacial score (nSPS) is 15.2. The van der Waals surface area contributed by atoms with E-state index in [4.69, 9.17) is 4.74 Å². The Morgan fingerprint density at radius 1 is 1.19 bits per heavy atom. The summed E-state index contributed by atoms with van der Waals surface area (Å²) in [6, 6.07) is 8.41. The zero-order chi connectivity index (χ0) is 17.9. The van der Waals surface area contributed by atoms with Crippen LogP contribution in [0.1, 0.15) is 12.8 Å². The number of nitrogens with zero attached hydrogens (tertiary/aromatic N) is 4. The lowest BCUT2D eigenvalue weighted by Gasteiger charge is -2.33. The Balaban J connectivity index is 1.46. The van der Waals surface area contributed by atoms with E-state index < -0.39 is 0 Å². The van der Waals surface area contributed by atoms with Gasteiger partial charge >= 0.3 is 0 Å². The van der Waals surface area contributed by atoms with E-state index in [0.29, 0.717) is 12.0 Å². The van der Waals surface area contributed by atoms with Gasteiger partial charge in [0.1, 0.15) is 11.3 Å². The number of fused-ring (bicyclic) bond motifs is 1. The second kappa shape index (κ2) is 7.45. The van der Waals surface area contributed by atoms with Gasteiger partial charge in [-0.05, 0) is 37.1 Å². The topological polar surface area (TPSA) is 63.2 Å². The molecule has 0 radical (unpaired) electrons. The van der Waals surface area contributed by atoms with Crippen molar-refractivity contribution in [1.82, 2.24) is 15.0 Å². The number of rotatable bonds is 4. The number of halogens is 1. The number of benzene rings is 1. The first-order chi connectivity index (χ1) is 12.7. The summed E-state index contributed by atoms with van der Waals surface area (Å²) in [4.78, 5) is 15.6. The van der Waals surface area contributed by atoms with Crippen LogP contribution < -0.4 is 15.0 Å². The van der Waals surface area contributed by atoms with Gasteiger partial charge in [-0.25, -0.2) is 9.97 Å². The minimum absolute atomic E-state index is 0.368. The van der Waals surface area contributed by atoms with E-state index in [1.807, 2.05) is 30.7 Å². The predicted octanol–water partition coefficient (Wildman–Crippen LogP) is 3.88. The molecule has 3 heterocycles. The highest BCUT2D eigenvalue weighted by Crippen LogP contribution is 2.29. The maximum absolute atomic E-state index is 5.46. The summed E-state index contributed by atoms with van der Waals surface area (Å²) in [5.41, 5.74) is 2.05. The van der Waals surface area contributed by atoms with Crippen molar-refractivity contribution in [1.29, 1.82) is 0 Å². The van der Waals surface area contributed by atoms with Crippen LogP contribution >= 0.6 is 15.9 Å². The largest absolute Gasteiger partial charge is 0.494 e. The van der Waals surface area contributed by atoms with Gasteiger partial charge in [0.15, 0.2) is 0 Å². The van der Waals surface area contributed by atoms with Crippen LogP contribution in [0.25, 0.3) is 10.9 Å². The molecule has 7 heteroatoms. The standard InChI is InChI=1S/C19H20BrN5O/c1-26-17-11-14(20)10-13-12-22-19(24-18(13)17)23-15-4-8-25(9-5-15)16-2-6-21-7-3-16/h2-3,6-7,10-12,15H,4-5,8-9H2,1H3,(H,22,23,24). The minimum Gasteiger partial charge on any atom is -0.494 e. The maximum Gasteiger partial charge on any atom is 0.223 e. The first-order valence-corrected chi connectivity index (χ1v) is 9.44. The number of aromatic nitrogens is 3. The third-order valence-electron chi connectivity index (χ3n) is 4.69. The number of piperidine rings is 1. The van der Waals surface area contributed by atoms with Gasteiger partial charge in [-0.15, -0.1) is 0 Å². The average Bonchev–Trinajstić information content (AvgIpc) is 2.69. The van der Waals surface area contributed by atoms with Crippen molar-refractivity contribution in [2.75, 3.05) is 30.4 Å². The molecule has 0 unspecified atom stereocenters. The van der Waals surface area contributed by atoms with Crippen molar-refractivity contribution < 1.29 is 4.74 Å². The molecule has 0 bridgehead atoms. The molecule has 3 aromatic rings. The number of hydrogen-bond donors (Lipinski definition) is 1. The number of nitrogens with one attached hydrogen (secondary N) is 1. The van der Waals surface area contributed by atoms with Crippen molar-refractivity contribution in [3.8, 4) is 5.75 Å². The molecule has 1 aromatic carbocycles. The van der Waals surface area contributed by atoms with E-state index in [9.17, 15) is 0 Å². The fraction of sp³-hybridized carbons (Fsp3) is 0.316. The fourth-order valence-electron chi connectivity index (χ4n) is 3.32. The summed E-state index contributed by atoms with van der Waals surface area (Å²) in [6.07, 6.45) is 7.61. The van der Waals surface area contributed by atoms with Gasteiger partial charge in [0, 0.05) is 53.3 Å². The van der Waals surface area contributed by atoms with Crippen LogP contribution in [0.5, 0.6) is 5.75 Å². The van der Waals surface area contributed by atoms with Gasteiger partial charge in [0.2, 0.25) is 5.95 Å². The molecule has 0 aliphatic carbocycles. The Morgan fingerprint density at radius 3 is 2.69 bits per heavy atom.